The number of Topliss-reactive ketones (excluding diaryl/α,β-unsaturated/α-hetero) is 1. The number of aryl methyl sites for hydroxylation is 1. The van der Waals surface area contributed by atoms with Gasteiger partial charge in [-0.2, -0.15) is 0 Å². The molecule has 0 N–H and O–H groups in total. The monoisotopic (exact) mass is 316 g/mol. The molecule has 3 heteroatoms. The number of ketones is 2. The first kappa shape index (κ1) is 14.6. The van der Waals surface area contributed by atoms with Gasteiger partial charge in [-0.25, -0.2) is 0 Å². The van der Waals surface area contributed by atoms with Crippen molar-refractivity contribution in [3.63, 3.8) is 0 Å². The predicted molar refractivity (Wildman–Crippen MR) is 91.8 cm³/mol. The van der Waals surface area contributed by atoms with Crippen molar-refractivity contribution in [3.05, 3.63) is 82.6 Å². The Morgan fingerprint density at radius 2 is 1.92 bits per heavy atom. The molecule has 1 unspecified atom stereocenters. The molecule has 118 valence electrons. The molecule has 0 amide bonds. The van der Waals surface area contributed by atoms with Crippen molar-refractivity contribution in [1.82, 2.24) is 0 Å². The summed E-state index contributed by atoms with van der Waals surface area (Å²) in [6.07, 6.45) is 3.85. The molecule has 0 radical (unpaired) electrons. The minimum absolute atomic E-state index is 0.126. The number of rotatable bonds is 2. The summed E-state index contributed by atoms with van der Waals surface area (Å²) in [5.74, 6) is 0.318. The van der Waals surface area contributed by atoms with Gasteiger partial charge in [-0.3, -0.25) is 9.59 Å². The predicted octanol–water partition coefficient (Wildman–Crippen LogP) is 4.13. The number of ether oxygens (including phenoxy) is 1. The lowest BCUT2D eigenvalue weighted by Gasteiger charge is -2.26. The number of hydrogen-bond acceptors (Lipinski definition) is 3. The third-order valence-corrected chi connectivity index (χ3v) is 4.45. The third kappa shape index (κ3) is 2.48. The molecule has 1 aliphatic heterocycles. The van der Waals surface area contributed by atoms with Gasteiger partial charge in [0, 0.05) is 17.2 Å². The first-order valence-electron chi connectivity index (χ1n) is 7.96. The number of benzene rings is 2. The standard InChI is InChI=1S/C21H16O3/c1-13-5-4-7-15(9-13)21(23)17-11-16-10-14-6-2-3-8-19(14)24-20(16)12-18(17)22/h2-10,12,17H,11H2,1H3. The van der Waals surface area contributed by atoms with Crippen LogP contribution in [0.4, 0.5) is 0 Å². The number of hydrogen-bond donors (Lipinski definition) is 0. The first-order valence-corrected chi connectivity index (χ1v) is 7.96. The Morgan fingerprint density at radius 1 is 1.08 bits per heavy atom. The molecule has 0 saturated carbocycles. The Kier molecular flexibility index (Phi) is 3.42. The van der Waals surface area contributed by atoms with Crippen molar-refractivity contribution in [3.8, 4) is 5.75 Å². The maximum Gasteiger partial charge on any atom is 0.174 e. The highest BCUT2D eigenvalue weighted by Gasteiger charge is 2.34. The van der Waals surface area contributed by atoms with E-state index in [1.165, 1.54) is 6.08 Å². The Hall–Kier alpha value is -2.94. The second kappa shape index (κ2) is 5.60. The quantitative estimate of drug-likeness (QED) is 0.618. The molecule has 1 heterocycles. The molecule has 0 saturated heterocycles. The van der Waals surface area contributed by atoms with Crippen LogP contribution in [0.1, 0.15) is 27.9 Å². The van der Waals surface area contributed by atoms with Gasteiger partial charge >= 0.3 is 0 Å². The molecule has 0 spiro atoms. The van der Waals surface area contributed by atoms with Gasteiger partial charge in [-0.05, 0) is 37.1 Å². The lowest BCUT2D eigenvalue weighted by atomic mass is 9.81. The topological polar surface area (TPSA) is 43.4 Å². The van der Waals surface area contributed by atoms with Crippen LogP contribution < -0.4 is 4.74 Å². The summed E-state index contributed by atoms with van der Waals surface area (Å²) in [6.45, 7) is 1.94. The van der Waals surface area contributed by atoms with Crippen molar-refractivity contribution in [2.75, 3.05) is 0 Å². The van der Waals surface area contributed by atoms with E-state index in [-0.39, 0.29) is 11.6 Å². The second-order valence-corrected chi connectivity index (χ2v) is 6.21. The average molecular weight is 316 g/mol. The second-order valence-electron chi connectivity index (χ2n) is 6.21. The van der Waals surface area contributed by atoms with Crippen LogP contribution in [0.5, 0.6) is 5.75 Å². The lowest BCUT2D eigenvalue weighted by Crippen LogP contribution is -2.29. The summed E-state index contributed by atoms with van der Waals surface area (Å²) >= 11 is 0. The van der Waals surface area contributed by atoms with E-state index in [0.29, 0.717) is 17.7 Å². The Balaban J connectivity index is 1.69. The van der Waals surface area contributed by atoms with Crippen molar-refractivity contribution in [2.24, 2.45) is 5.92 Å². The number of carbonyl (C=O) groups is 2. The van der Waals surface area contributed by atoms with E-state index in [9.17, 15) is 9.59 Å². The fourth-order valence-corrected chi connectivity index (χ4v) is 3.19. The number of para-hydroxylation sites is 1. The van der Waals surface area contributed by atoms with Crippen LogP contribution in [0.3, 0.4) is 0 Å². The minimum Gasteiger partial charge on any atom is -0.456 e. The summed E-state index contributed by atoms with van der Waals surface area (Å²) < 4.78 is 5.82. The first-order chi connectivity index (χ1) is 11.6. The van der Waals surface area contributed by atoms with Crippen LogP contribution in [0.15, 0.2) is 65.9 Å². The van der Waals surface area contributed by atoms with E-state index < -0.39 is 5.92 Å². The molecule has 3 nitrogen and oxygen atoms in total. The molecule has 2 aliphatic rings. The number of allylic oxidation sites excluding steroid dienone is 2. The summed E-state index contributed by atoms with van der Waals surface area (Å²) in [5, 5.41) is 0. The largest absolute Gasteiger partial charge is 0.456 e. The van der Waals surface area contributed by atoms with Crippen molar-refractivity contribution < 1.29 is 14.3 Å². The zero-order valence-electron chi connectivity index (χ0n) is 13.3. The van der Waals surface area contributed by atoms with Gasteiger partial charge in [-0.1, -0.05) is 42.0 Å². The summed E-state index contributed by atoms with van der Waals surface area (Å²) in [7, 11) is 0. The molecular formula is C21H16O3. The van der Waals surface area contributed by atoms with Gasteiger partial charge in [0.05, 0.1) is 5.92 Å². The lowest BCUT2D eigenvalue weighted by molar-refractivity contribution is -0.117. The SMILES string of the molecule is Cc1cccc(C(=O)C2CC3=Cc4ccccc4OC3=CC2=O)c1. The van der Waals surface area contributed by atoms with Crippen molar-refractivity contribution >= 4 is 17.6 Å². The van der Waals surface area contributed by atoms with Crippen LogP contribution in [0.2, 0.25) is 0 Å². The van der Waals surface area contributed by atoms with Gasteiger partial charge < -0.3 is 4.74 Å². The van der Waals surface area contributed by atoms with Crippen molar-refractivity contribution in [2.45, 2.75) is 13.3 Å². The summed E-state index contributed by atoms with van der Waals surface area (Å²) in [5.41, 5.74) is 3.47. The van der Waals surface area contributed by atoms with Crippen molar-refractivity contribution in [1.29, 1.82) is 0 Å². The molecule has 0 aromatic heterocycles. The number of fused-ring (bicyclic) bond motifs is 2. The van der Waals surface area contributed by atoms with E-state index in [2.05, 4.69) is 0 Å². The highest BCUT2D eigenvalue weighted by Crippen LogP contribution is 2.37. The van der Waals surface area contributed by atoms with Crippen LogP contribution in [-0.2, 0) is 4.79 Å². The Morgan fingerprint density at radius 3 is 2.75 bits per heavy atom. The van der Waals surface area contributed by atoms with Gasteiger partial charge in [-0.15, -0.1) is 0 Å². The van der Waals surface area contributed by atoms with Crippen LogP contribution in [-0.4, -0.2) is 11.6 Å². The van der Waals surface area contributed by atoms with Crippen LogP contribution >= 0.6 is 0 Å². The van der Waals surface area contributed by atoms with Gasteiger partial charge in [0.15, 0.2) is 11.6 Å². The maximum atomic E-state index is 12.8. The van der Waals surface area contributed by atoms with E-state index >= 15 is 0 Å². The summed E-state index contributed by atoms with van der Waals surface area (Å²) in [6, 6.07) is 15.1. The third-order valence-electron chi connectivity index (χ3n) is 4.45. The van der Waals surface area contributed by atoms with Crippen LogP contribution in [0.25, 0.3) is 6.08 Å². The van der Waals surface area contributed by atoms with E-state index in [0.717, 1.165) is 22.4 Å². The van der Waals surface area contributed by atoms with Gasteiger partial charge in [0.1, 0.15) is 11.5 Å². The molecule has 0 fully saturated rings. The van der Waals surface area contributed by atoms with E-state index in [1.54, 1.807) is 6.07 Å². The smallest absolute Gasteiger partial charge is 0.174 e. The molecule has 1 aliphatic carbocycles. The highest BCUT2D eigenvalue weighted by atomic mass is 16.5. The molecular weight excluding hydrogens is 300 g/mol. The fraction of sp³-hybridized carbons (Fsp3) is 0.143. The maximum absolute atomic E-state index is 12.8. The average Bonchev–Trinajstić information content (AvgIpc) is 2.59. The Labute approximate surface area is 140 Å². The molecule has 2 aromatic rings. The summed E-state index contributed by atoms with van der Waals surface area (Å²) in [4.78, 5) is 25.2. The van der Waals surface area contributed by atoms with Crippen LogP contribution in [0, 0.1) is 12.8 Å². The molecule has 4 rings (SSSR count). The van der Waals surface area contributed by atoms with Gasteiger partial charge in [0.25, 0.3) is 0 Å². The molecule has 2 aromatic carbocycles. The Bertz CT molecular complexity index is 918. The minimum atomic E-state index is -0.671. The van der Waals surface area contributed by atoms with Gasteiger partial charge in [0.2, 0.25) is 0 Å². The normalized spacial score (nSPS) is 18.7. The fourth-order valence-electron chi connectivity index (χ4n) is 3.19. The van der Waals surface area contributed by atoms with E-state index in [1.807, 2.05) is 55.5 Å². The highest BCUT2D eigenvalue weighted by molar-refractivity contribution is 6.15. The zero-order chi connectivity index (χ0) is 16.7. The van der Waals surface area contributed by atoms with E-state index in [4.69, 9.17) is 4.74 Å². The number of carbonyl (C=O) groups excluding carboxylic acids is 2. The zero-order valence-corrected chi connectivity index (χ0v) is 13.3. The molecule has 1 atom stereocenters. The molecule has 0 bridgehead atoms. The molecule has 24 heavy (non-hydrogen) atoms.